The van der Waals surface area contributed by atoms with E-state index in [-0.39, 0.29) is 12.0 Å². The Balaban J connectivity index is 2.29. The summed E-state index contributed by atoms with van der Waals surface area (Å²) in [5.74, 6) is -1.54. The van der Waals surface area contributed by atoms with Crippen LogP contribution in [0.25, 0.3) is 0 Å². The second-order valence-electron chi connectivity index (χ2n) is 4.65. The number of benzene rings is 1. The van der Waals surface area contributed by atoms with Gasteiger partial charge in [0, 0.05) is 6.04 Å². The zero-order chi connectivity index (χ0) is 14.0. The lowest BCUT2D eigenvalue weighted by Crippen LogP contribution is -2.35. The Morgan fingerprint density at radius 3 is 2.63 bits per heavy atom. The van der Waals surface area contributed by atoms with E-state index in [0.29, 0.717) is 13.0 Å². The van der Waals surface area contributed by atoms with Crippen molar-refractivity contribution < 1.29 is 23.1 Å². The van der Waals surface area contributed by atoms with Crippen LogP contribution < -0.4 is 5.32 Å². The average Bonchev–Trinajstić information content (AvgIpc) is 2.38. The van der Waals surface area contributed by atoms with Crippen LogP contribution in [0.4, 0.5) is 13.2 Å². The molecule has 0 spiro atoms. The van der Waals surface area contributed by atoms with Crippen LogP contribution in [0.2, 0.25) is 0 Å². The minimum Gasteiger partial charge on any atom is -0.481 e. The van der Waals surface area contributed by atoms with Crippen LogP contribution in [0.1, 0.15) is 30.0 Å². The third kappa shape index (κ3) is 3.07. The average molecular weight is 273 g/mol. The van der Waals surface area contributed by atoms with E-state index in [1.54, 1.807) is 0 Å². The van der Waals surface area contributed by atoms with Gasteiger partial charge in [0.2, 0.25) is 0 Å². The Kier molecular flexibility index (Phi) is 3.80. The molecule has 2 unspecified atom stereocenters. The third-order valence-corrected chi connectivity index (χ3v) is 3.39. The molecule has 6 heteroatoms. The molecule has 1 saturated heterocycles. The van der Waals surface area contributed by atoms with Crippen LogP contribution in [-0.4, -0.2) is 17.6 Å². The van der Waals surface area contributed by atoms with Crippen LogP contribution in [-0.2, 0) is 11.0 Å². The van der Waals surface area contributed by atoms with Gasteiger partial charge in [-0.3, -0.25) is 4.79 Å². The summed E-state index contributed by atoms with van der Waals surface area (Å²) in [6.07, 6.45) is -3.79. The Hall–Kier alpha value is -1.56. The molecule has 1 aliphatic rings. The molecule has 0 bridgehead atoms. The molecule has 2 rings (SSSR count). The minimum atomic E-state index is -4.42. The topological polar surface area (TPSA) is 49.3 Å². The monoisotopic (exact) mass is 273 g/mol. The van der Waals surface area contributed by atoms with Crippen molar-refractivity contribution in [3.05, 3.63) is 35.4 Å². The van der Waals surface area contributed by atoms with Crippen LogP contribution in [0.15, 0.2) is 24.3 Å². The molecule has 3 nitrogen and oxygen atoms in total. The second kappa shape index (κ2) is 5.21. The summed E-state index contributed by atoms with van der Waals surface area (Å²) in [4.78, 5) is 11.0. The lowest BCUT2D eigenvalue weighted by atomic mass is 9.87. The van der Waals surface area contributed by atoms with Crippen LogP contribution >= 0.6 is 0 Å². The molecule has 0 aromatic heterocycles. The minimum absolute atomic E-state index is 0.126. The lowest BCUT2D eigenvalue weighted by molar-refractivity contribution is -0.143. The summed E-state index contributed by atoms with van der Waals surface area (Å²) >= 11 is 0. The van der Waals surface area contributed by atoms with E-state index in [1.165, 1.54) is 18.2 Å². The molecule has 19 heavy (non-hydrogen) atoms. The maximum atomic E-state index is 12.9. The number of piperidine rings is 1. The van der Waals surface area contributed by atoms with Gasteiger partial charge >= 0.3 is 12.1 Å². The van der Waals surface area contributed by atoms with Gasteiger partial charge in [0.05, 0.1) is 11.5 Å². The van der Waals surface area contributed by atoms with Crippen LogP contribution in [0, 0.1) is 5.92 Å². The number of nitrogens with one attached hydrogen (secondary N) is 1. The largest absolute Gasteiger partial charge is 0.481 e. The summed E-state index contributed by atoms with van der Waals surface area (Å²) in [6.45, 7) is 0.411. The van der Waals surface area contributed by atoms with Gasteiger partial charge in [0.1, 0.15) is 0 Å². The fourth-order valence-electron chi connectivity index (χ4n) is 2.44. The van der Waals surface area contributed by atoms with E-state index < -0.39 is 29.7 Å². The van der Waals surface area contributed by atoms with E-state index in [9.17, 15) is 18.0 Å². The molecule has 0 amide bonds. The van der Waals surface area contributed by atoms with Crippen molar-refractivity contribution in [3.63, 3.8) is 0 Å². The summed E-state index contributed by atoms with van der Waals surface area (Å²) in [6, 6.07) is 4.75. The number of carboxylic acids is 1. The van der Waals surface area contributed by atoms with Gasteiger partial charge in [-0.1, -0.05) is 18.2 Å². The molecule has 0 aliphatic carbocycles. The van der Waals surface area contributed by atoms with Crippen molar-refractivity contribution >= 4 is 5.97 Å². The normalized spacial score (nSPS) is 24.2. The number of alkyl halides is 3. The first-order valence-corrected chi connectivity index (χ1v) is 6.02. The predicted octanol–water partition coefficient (Wildman–Crippen LogP) is 2.83. The zero-order valence-corrected chi connectivity index (χ0v) is 10.1. The molecule has 104 valence electrons. The number of halogens is 3. The molecule has 2 N–H and O–H groups in total. The van der Waals surface area contributed by atoms with Gasteiger partial charge in [-0.2, -0.15) is 13.2 Å². The van der Waals surface area contributed by atoms with Crippen molar-refractivity contribution in [2.75, 3.05) is 6.54 Å². The highest BCUT2D eigenvalue weighted by Gasteiger charge is 2.37. The van der Waals surface area contributed by atoms with Crippen molar-refractivity contribution in [1.82, 2.24) is 5.32 Å². The highest BCUT2D eigenvalue weighted by molar-refractivity contribution is 5.70. The van der Waals surface area contributed by atoms with Crippen LogP contribution in [0.5, 0.6) is 0 Å². The number of aliphatic carboxylic acids is 1. The van der Waals surface area contributed by atoms with Crippen molar-refractivity contribution in [2.24, 2.45) is 5.92 Å². The van der Waals surface area contributed by atoms with Gasteiger partial charge in [-0.25, -0.2) is 0 Å². The maximum Gasteiger partial charge on any atom is 0.416 e. The highest BCUT2D eigenvalue weighted by atomic mass is 19.4. The first kappa shape index (κ1) is 13.9. The molecule has 1 aromatic carbocycles. The molecule has 1 heterocycles. The summed E-state index contributed by atoms with van der Waals surface area (Å²) < 4.78 is 38.7. The molecule has 1 fully saturated rings. The third-order valence-electron chi connectivity index (χ3n) is 3.39. The molecule has 1 aromatic rings. The fraction of sp³-hybridized carbons (Fsp3) is 0.462. The van der Waals surface area contributed by atoms with Gasteiger partial charge in [0.15, 0.2) is 0 Å². The molecule has 0 saturated carbocycles. The van der Waals surface area contributed by atoms with Gasteiger partial charge in [-0.05, 0) is 31.0 Å². The van der Waals surface area contributed by atoms with Gasteiger partial charge < -0.3 is 10.4 Å². The standard InChI is InChI=1S/C13H14F3NO2/c14-13(15,16)10-4-2-1-3-9(10)11-7-8(12(18)19)5-6-17-11/h1-4,8,11,17H,5-7H2,(H,18,19). The smallest absolute Gasteiger partial charge is 0.416 e. The Bertz CT molecular complexity index is 473. The quantitative estimate of drug-likeness (QED) is 0.871. The molecular formula is C13H14F3NO2. The fourth-order valence-corrected chi connectivity index (χ4v) is 2.44. The first-order valence-electron chi connectivity index (χ1n) is 6.02. The second-order valence-corrected chi connectivity index (χ2v) is 4.65. The number of rotatable bonds is 2. The molecule has 2 atom stereocenters. The number of carboxylic acid groups (broad SMARTS) is 1. The predicted molar refractivity (Wildman–Crippen MR) is 62.5 cm³/mol. The summed E-state index contributed by atoms with van der Waals surface area (Å²) in [5.41, 5.74) is -0.570. The highest BCUT2D eigenvalue weighted by Crippen LogP contribution is 2.37. The van der Waals surface area contributed by atoms with Crippen molar-refractivity contribution in [3.8, 4) is 0 Å². The van der Waals surface area contributed by atoms with Gasteiger partial charge in [-0.15, -0.1) is 0 Å². The lowest BCUT2D eigenvalue weighted by Gasteiger charge is -2.30. The number of carbonyl (C=O) groups is 1. The van der Waals surface area contributed by atoms with E-state index in [2.05, 4.69) is 5.32 Å². The Morgan fingerprint density at radius 1 is 1.32 bits per heavy atom. The SMILES string of the molecule is O=C(O)C1CCNC(c2ccccc2C(F)(F)F)C1. The maximum absolute atomic E-state index is 12.9. The molecular weight excluding hydrogens is 259 g/mol. The van der Waals surface area contributed by atoms with Crippen LogP contribution in [0.3, 0.4) is 0 Å². The van der Waals surface area contributed by atoms with E-state index in [4.69, 9.17) is 5.11 Å². The molecule has 0 radical (unpaired) electrons. The summed E-state index contributed by atoms with van der Waals surface area (Å²) in [7, 11) is 0. The first-order chi connectivity index (χ1) is 8.89. The van der Waals surface area contributed by atoms with E-state index in [1.807, 2.05) is 0 Å². The Labute approximate surface area is 108 Å². The van der Waals surface area contributed by atoms with E-state index in [0.717, 1.165) is 6.07 Å². The summed E-state index contributed by atoms with van der Waals surface area (Å²) in [5, 5.41) is 12.0. The van der Waals surface area contributed by atoms with Crippen molar-refractivity contribution in [2.45, 2.75) is 25.1 Å². The molecule has 1 aliphatic heterocycles. The number of hydrogen-bond donors (Lipinski definition) is 2. The number of hydrogen-bond acceptors (Lipinski definition) is 2. The Morgan fingerprint density at radius 2 is 2.00 bits per heavy atom. The van der Waals surface area contributed by atoms with E-state index >= 15 is 0 Å². The van der Waals surface area contributed by atoms with Gasteiger partial charge in [0.25, 0.3) is 0 Å². The zero-order valence-electron chi connectivity index (χ0n) is 10.1. The van der Waals surface area contributed by atoms with Crippen molar-refractivity contribution in [1.29, 1.82) is 0 Å².